The van der Waals surface area contributed by atoms with E-state index in [0.29, 0.717) is 0 Å². The van der Waals surface area contributed by atoms with Gasteiger partial charge in [0, 0.05) is 12.3 Å². The van der Waals surface area contributed by atoms with Crippen molar-refractivity contribution >= 4 is 45.3 Å². The summed E-state index contributed by atoms with van der Waals surface area (Å²) in [5.74, 6) is -2.11. The zero-order valence-corrected chi connectivity index (χ0v) is 20.1. The van der Waals surface area contributed by atoms with Crippen LogP contribution in [0.15, 0.2) is 40.5 Å². The third-order valence-corrected chi connectivity index (χ3v) is 5.30. The molecule has 0 aliphatic rings. The third-order valence-electron chi connectivity index (χ3n) is 3.93. The summed E-state index contributed by atoms with van der Waals surface area (Å²) < 4.78 is 42.2. The predicted molar refractivity (Wildman–Crippen MR) is 124 cm³/mol. The van der Waals surface area contributed by atoms with Crippen molar-refractivity contribution in [2.75, 3.05) is 31.1 Å². The molecule has 36 heavy (non-hydrogen) atoms. The number of ether oxygens (including phenoxy) is 3. The van der Waals surface area contributed by atoms with Crippen LogP contribution in [0, 0.1) is 11.3 Å². The normalized spacial score (nSPS) is 11.0. The first kappa shape index (κ1) is 27.5. The molecule has 0 spiro atoms. The number of urea groups is 1. The number of esters is 2. The molecule has 0 aliphatic carbocycles. The molecule has 1 heterocycles. The van der Waals surface area contributed by atoms with E-state index in [1.165, 1.54) is 39.3 Å². The van der Waals surface area contributed by atoms with Gasteiger partial charge in [0.15, 0.2) is 0 Å². The van der Waals surface area contributed by atoms with E-state index in [1.807, 2.05) is 0 Å². The number of hydrazone groups is 1. The zero-order valence-electron chi connectivity index (χ0n) is 19.3. The summed E-state index contributed by atoms with van der Waals surface area (Å²) in [6, 6.07) is 5.02. The average Bonchev–Trinajstić information content (AvgIpc) is 2.84. The highest BCUT2D eigenvalue weighted by atomic mass is 32.2. The summed E-state index contributed by atoms with van der Waals surface area (Å²) in [4.78, 5) is 43.3. The number of amides is 2. The second kappa shape index (κ2) is 12.6. The van der Waals surface area contributed by atoms with Crippen LogP contribution in [0.5, 0.6) is 5.88 Å². The molecular weight excluding hydrogens is 498 g/mol. The lowest BCUT2D eigenvalue weighted by Gasteiger charge is -2.13. The average molecular weight is 519 g/mol. The van der Waals surface area contributed by atoms with Crippen LogP contribution < -0.4 is 20.2 Å². The van der Waals surface area contributed by atoms with Crippen molar-refractivity contribution in [1.82, 2.24) is 14.7 Å². The molecule has 0 saturated heterocycles. The Labute approximate surface area is 205 Å². The number of methoxy groups -OCH3 is 1. The van der Waals surface area contributed by atoms with Crippen LogP contribution in [0.25, 0.3) is 0 Å². The van der Waals surface area contributed by atoms with Crippen molar-refractivity contribution in [3.63, 3.8) is 0 Å². The maximum absolute atomic E-state index is 13.0. The van der Waals surface area contributed by atoms with E-state index in [2.05, 4.69) is 30.5 Å². The van der Waals surface area contributed by atoms with Gasteiger partial charge in [0.25, 0.3) is 10.0 Å². The Balaban J connectivity index is 2.38. The van der Waals surface area contributed by atoms with Gasteiger partial charge in [0.1, 0.15) is 11.0 Å². The van der Waals surface area contributed by atoms with Gasteiger partial charge in [-0.15, -0.1) is 0 Å². The molecule has 0 unspecified atom stereocenters. The van der Waals surface area contributed by atoms with E-state index in [0.717, 1.165) is 12.1 Å². The summed E-state index contributed by atoms with van der Waals surface area (Å²) in [5, 5.41) is 14.8. The predicted octanol–water partition coefficient (Wildman–Crippen LogP) is 1.03. The van der Waals surface area contributed by atoms with E-state index in [-0.39, 0.29) is 30.7 Å². The smallest absolute Gasteiger partial charge is 0.369 e. The number of benzene rings is 1. The second-order valence-electron chi connectivity index (χ2n) is 6.32. The monoisotopic (exact) mass is 519 g/mol. The molecule has 0 saturated carbocycles. The van der Waals surface area contributed by atoms with Gasteiger partial charge < -0.3 is 14.2 Å². The van der Waals surface area contributed by atoms with Crippen molar-refractivity contribution < 1.29 is 37.0 Å². The Morgan fingerprint density at radius 2 is 1.86 bits per heavy atom. The standard InChI is InChI=1S/C20H21N7O8S/c1-4-34-17(28)13-7-6-12(25-26-14(11-21)18(29)35-5-2)10-15(13)36(31,32)27-20(30)24-19-22-9-8-16(23-19)33-3/h6-10,25H,4-5H2,1-3H3,(H2,22,23,24,27,30)/b26-14+. The van der Waals surface area contributed by atoms with Crippen molar-refractivity contribution in [2.24, 2.45) is 5.10 Å². The summed E-state index contributed by atoms with van der Waals surface area (Å²) in [6.45, 7) is 3.02. The van der Waals surface area contributed by atoms with Gasteiger partial charge in [-0.25, -0.2) is 32.5 Å². The van der Waals surface area contributed by atoms with Gasteiger partial charge in [0.2, 0.25) is 17.5 Å². The van der Waals surface area contributed by atoms with Crippen LogP contribution in [0.3, 0.4) is 0 Å². The number of hydrogen-bond donors (Lipinski definition) is 3. The minimum Gasteiger partial charge on any atom is -0.481 e. The molecule has 2 aromatic rings. The largest absolute Gasteiger partial charge is 0.481 e. The second-order valence-corrected chi connectivity index (χ2v) is 7.97. The molecule has 190 valence electrons. The Hall–Kier alpha value is -4.78. The van der Waals surface area contributed by atoms with E-state index in [1.54, 1.807) is 10.8 Å². The lowest BCUT2D eigenvalue weighted by molar-refractivity contribution is -0.134. The number of carbonyl (C=O) groups is 3. The lowest BCUT2D eigenvalue weighted by atomic mass is 10.2. The summed E-state index contributed by atoms with van der Waals surface area (Å²) >= 11 is 0. The number of anilines is 2. The maximum atomic E-state index is 13.0. The van der Waals surface area contributed by atoms with Gasteiger partial charge in [-0.05, 0) is 32.0 Å². The minimum atomic E-state index is -4.68. The lowest BCUT2D eigenvalue weighted by Crippen LogP contribution is -2.35. The van der Waals surface area contributed by atoms with E-state index in [4.69, 9.17) is 14.7 Å². The van der Waals surface area contributed by atoms with Crippen LogP contribution in [-0.2, 0) is 24.3 Å². The van der Waals surface area contributed by atoms with Gasteiger partial charge in [-0.1, -0.05) is 0 Å². The molecule has 0 atom stereocenters. The van der Waals surface area contributed by atoms with Crippen LogP contribution in [-0.4, -0.2) is 62.4 Å². The fraction of sp³-hybridized carbons (Fsp3) is 0.250. The van der Waals surface area contributed by atoms with Crippen molar-refractivity contribution in [2.45, 2.75) is 18.7 Å². The SMILES string of the molecule is CCOC(=O)/C(C#N)=N/Nc1ccc(C(=O)OCC)c(S(=O)(=O)NC(=O)Nc2nccc(OC)n2)c1. The molecule has 0 radical (unpaired) electrons. The van der Waals surface area contributed by atoms with Crippen LogP contribution in [0.4, 0.5) is 16.4 Å². The fourth-order valence-electron chi connectivity index (χ4n) is 2.45. The highest BCUT2D eigenvalue weighted by molar-refractivity contribution is 7.90. The molecule has 15 nitrogen and oxygen atoms in total. The van der Waals surface area contributed by atoms with Gasteiger partial charge in [0.05, 0.1) is 31.6 Å². The number of hydrogen-bond acceptors (Lipinski definition) is 13. The number of sulfonamides is 1. The first-order chi connectivity index (χ1) is 17.1. The van der Waals surface area contributed by atoms with Gasteiger partial charge >= 0.3 is 18.0 Å². The maximum Gasteiger partial charge on any atom is 0.369 e. The highest BCUT2D eigenvalue weighted by Gasteiger charge is 2.26. The van der Waals surface area contributed by atoms with Crippen LogP contribution in [0.2, 0.25) is 0 Å². The topological polar surface area (TPSA) is 211 Å². The first-order valence-corrected chi connectivity index (χ1v) is 11.6. The fourth-order valence-corrected chi connectivity index (χ4v) is 3.58. The summed E-state index contributed by atoms with van der Waals surface area (Å²) in [7, 11) is -3.34. The Morgan fingerprint density at radius 3 is 2.50 bits per heavy atom. The van der Waals surface area contributed by atoms with E-state index < -0.39 is 44.2 Å². The Kier molecular flexibility index (Phi) is 9.63. The molecule has 2 rings (SSSR count). The minimum absolute atomic E-state index is 0.00466. The summed E-state index contributed by atoms with van der Waals surface area (Å²) in [5.41, 5.74) is 1.27. The van der Waals surface area contributed by atoms with E-state index >= 15 is 0 Å². The van der Waals surface area contributed by atoms with Crippen molar-refractivity contribution in [1.29, 1.82) is 5.26 Å². The number of nitriles is 1. The molecule has 0 bridgehead atoms. The molecule has 3 N–H and O–H groups in total. The number of rotatable bonds is 10. The van der Waals surface area contributed by atoms with Crippen LogP contribution in [0.1, 0.15) is 24.2 Å². The molecule has 16 heteroatoms. The number of aromatic nitrogens is 2. The molecule has 1 aromatic heterocycles. The number of nitrogens with zero attached hydrogens (tertiary/aromatic N) is 4. The molecule has 0 aliphatic heterocycles. The zero-order chi connectivity index (χ0) is 26.7. The summed E-state index contributed by atoms with van der Waals surface area (Å²) in [6.07, 6.45) is 1.27. The quantitative estimate of drug-likeness (QED) is 0.228. The van der Waals surface area contributed by atoms with Gasteiger partial charge in [-0.3, -0.25) is 10.7 Å². The van der Waals surface area contributed by atoms with Crippen molar-refractivity contribution in [3.05, 3.63) is 36.0 Å². The molecule has 1 aromatic carbocycles. The molecular formula is C20H21N7O8S. The van der Waals surface area contributed by atoms with Gasteiger partial charge in [-0.2, -0.15) is 15.3 Å². The van der Waals surface area contributed by atoms with Crippen LogP contribution >= 0.6 is 0 Å². The van der Waals surface area contributed by atoms with E-state index in [9.17, 15) is 22.8 Å². The molecule has 2 amide bonds. The van der Waals surface area contributed by atoms with Crippen molar-refractivity contribution in [3.8, 4) is 11.9 Å². The Morgan fingerprint density at radius 1 is 1.14 bits per heavy atom. The number of nitrogens with one attached hydrogen (secondary N) is 3. The Bertz CT molecular complexity index is 1320. The first-order valence-electron chi connectivity index (χ1n) is 10.1. The molecule has 0 fully saturated rings. The third kappa shape index (κ3) is 7.36. The number of carbonyl (C=O) groups excluding carboxylic acids is 3. The highest BCUT2D eigenvalue weighted by Crippen LogP contribution is 2.22.